The number of hydrogen-bond acceptors (Lipinski definition) is 3. The second-order valence-corrected chi connectivity index (χ2v) is 4.36. The maximum Gasteiger partial charge on any atom is 0.236 e. The molecule has 0 fully saturated rings. The zero-order chi connectivity index (χ0) is 14.0. The summed E-state index contributed by atoms with van der Waals surface area (Å²) in [5.74, 6) is 0.0271. The zero-order valence-electron chi connectivity index (χ0n) is 12.3. The van der Waals surface area contributed by atoms with E-state index in [2.05, 4.69) is 5.32 Å². The predicted molar refractivity (Wildman–Crippen MR) is 80.3 cm³/mol. The van der Waals surface area contributed by atoms with E-state index in [4.69, 9.17) is 5.73 Å². The number of rotatable bonds is 9. The van der Waals surface area contributed by atoms with Crippen LogP contribution in [0.25, 0.3) is 0 Å². The number of nitrogens with one attached hydrogen (secondary N) is 1. The third-order valence-electron chi connectivity index (χ3n) is 2.92. The summed E-state index contributed by atoms with van der Waals surface area (Å²) in [6.07, 6.45) is 2.74. The van der Waals surface area contributed by atoms with E-state index in [-0.39, 0.29) is 24.2 Å². The highest BCUT2D eigenvalue weighted by molar-refractivity contribution is 5.85. The van der Waals surface area contributed by atoms with E-state index in [1.54, 1.807) is 4.90 Å². The Labute approximate surface area is 122 Å². The van der Waals surface area contributed by atoms with Gasteiger partial charge >= 0.3 is 0 Å². The summed E-state index contributed by atoms with van der Waals surface area (Å²) < 4.78 is 0. The zero-order valence-corrected chi connectivity index (χ0v) is 13.1. The molecule has 0 rings (SSSR count). The van der Waals surface area contributed by atoms with E-state index in [9.17, 15) is 9.59 Å². The first-order valence-electron chi connectivity index (χ1n) is 6.87. The monoisotopic (exact) mass is 293 g/mol. The van der Waals surface area contributed by atoms with Crippen LogP contribution in [0.3, 0.4) is 0 Å². The summed E-state index contributed by atoms with van der Waals surface area (Å²) in [7, 11) is 0. The van der Waals surface area contributed by atoms with Crippen LogP contribution < -0.4 is 11.1 Å². The van der Waals surface area contributed by atoms with Gasteiger partial charge in [0.2, 0.25) is 11.8 Å². The maximum absolute atomic E-state index is 11.7. The number of amides is 2. The SMILES string of the molecule is CCCC(N)C(=O)NCCCC(=O)N(CC)CC.Cl. The van der Waals surface area contributed by atoms with Gasteiger partial charge in [-0.25, -0.2) is 0 Å². The van der Waals surface area contributed by atoms with Gasteiger partial charge in [-0.3, -0.25) is 9.59 Å². The largest absolute Gasteiger partial charge is 0.355 e. The molecule has 0 spiro atoms. The first-order valence-corrected chi connectivity index (χ1v) is 6.87. The van der Waals surface area contributed by atoms with Gasteiger partial charge in [0.1, 0.15) is 0 Å². The Morgan fingerprint density at radius 2 is 1.79 bits per heavy atom. The van der Waals surface area contributed by atoms with Gasteiger partial charge < -0.3 is 16.0 Å². The number of carbonyl (C=O) groups excluding carboxylic acids is 2. The average Bonchev–Trinajstić information content (AvgIpc) is 2.36. The summed E-state index contributed by atoms with van der Waals surface area (Å²) in [5, 5.41) is 2.76. The fraction of sp³-hybridized carbons (Fsp3) is 0.846. The molecule has 0 saturated heterocycles. The van der Waals surface area contributed by atoms with Crippen molar-refractivity contribution in [3.63, 3.8) is 0 Å². The second kappa shape index (κ2) is 12.2. The molecule has 2 amide bonds. The van der Waals surface area contributed by atoms with Crippen LogP contribution >= 0.6 is 12.4 Å². The van der Waals surface area contributed by atoms with Crippen LogP contribution in [0.4, 0.5) is 0 Å². The first kappa shape index (κ1) is 20.5. The Bertz CT molecular complexity index is 258. The number of nitrogens with zero attached hydrogens (tertiary/aromatic N) is 1. The molecule has 0 aromatic rings. The topological polar surface area (TPSA) is 75.4 Å². The molecule has 1 unspecified atom stereocenters. The molecule has 19 heavy (non-hydrogen) atoms. The molecule has 0 aliphatic rings. The standard InChI is InChI=1S/C13H27N3O2.ClH/c1-4-8-11(14)13(18)15-10-7-9-12(17)16(5-2)6-3;/h11H,4-10,14H2,1-3H3,(H,15,18);1H. The molecule has 0 heterocycles. The minimum Gasteiger partial charge on any atom is -0.355 e. The van der Waals surface area contributed by atoms with Gasteiger partial charge in [0.15, 0.2) is 0 Å². The molecular weight excluding hydrogens is 266 g/mol. The minimum atomic E-state index is -0.423. The lowest BCUT2D eigenvalue weighted by Gasteiger charge is -2.18. The maximum atomic E-state index is 11.7. The molecular formula is C13H28ClN3O2. The van der Waals surface area contributed by atoms with Gasteiger partial charge in [-0.1, -0.05) is 13.3 Å². The lowest BCUT2D eigenvalue weighted by Crippen LogP contribution is -2.41. The highest BCUT2D eigenvalue weighted by Crippen LogP contribution is 1.98. The predicted octanol–water partition coefficient (Wildman–Crippen LogP) is 1.30. The lowest BCUT2D eigenvalue weighted by molar-refractivity contribution is -0.131. The Balaban J connectivity index is 0. The molecule has 0 aromatic carbocycles. The lowest BCUT2D eigenvalue weighted by atomic mass is 10.1. The molecule has 1 atom stereocenters. The molecule has 3 N–H and O–H groups in total. The van der Waals surface area contributed by atoms with Crippen molar-refractivity contribution in [3.8, 4) is 0 Å². The number of nitrogens with two attached hydrogens (primary N) is 1. The number of hydrogen-bond donors (Lipinski definition) is 2. The summed E-state index contributed by atoms with van der Waals surface area (Å²) in [4.78, 5) is 25.0. The number of carbonyl (C=O) groups is 2. The van der Waals surface area contributed by atoms with E-state index in [0.29, 0.717) is 25.8 Å². The molecule has 0 aromatic heterocycles. The molecule has 6 heteroatoms. The van der Waals surface area contributed by atoms with Crippen LogP contribution in [-0.4, -0.2) is 42.4 Å². The molecule has 114 valence electrons. The van der Waals surface area contributed by atoms with Crippen LogP contribution in [0.1, 0.15) is 46.5 Å². The van der Waals surface area contributed by atoms with Crippen molar-refractivity contribution in [2.75, 3.05) is 19.6 Å². The first-order chi connectivity index (χ1) is 8.56. The Morgan fingerprint density at radius 1 is 1.21 bits per heavy atom. The second-order valence-electron chi connectivity index (χ2n) is 4.36. The van der Waals surface area contributed by atoms with Crippen molar-refractivity contribution in [2.24, 2.45) is 5.73 Å². The van der Waals surface area contributed by atoms with Crippen molar-refractivity contribution in [1.82, 2.24) is 10.2 Å². The fourth-order valence-corrected chi connectivity index (χ4v) is 1.76. The average molecular weight is 294 g/mol. The third-order valence-corrected chi connectivity index (χ3v) is 2.92. The Morgan fingerprint density at radius 3 is 2.26 bits per heavy atom. The third kappa shape index (κ3) is 8.83. The van der Waals surface area contributed by atoms with Crippen LogP contribution in [0.15, 0.2) is 0 Å². The van der Waals surface area contributed by atoms with Crippen molar-refractivity contribution in [1.29, 1.82) is 0 Å². The molecule has 0 aliphatic heterocycles. The van der Waals surface area contributed by atoms with Gasteiger partial charge in [-0.2, -0.15) is 0 Å². The fourth-order valence-electron chi connectivity index (χ4n) is 1.76. The highest BCUT2D eigenvalue weighted by Gasteiger charge is 2.12. The molecule has 0 saturated carbocycles. The highest BCUT2D eigenvalue weighted by atomic mass is 35.5. The van der Waals surface area contributed by atoms with E-state index in [1.807, 2.05) is 20.8 Å². The Hall–Kier alpha value is -0.810. The molecule has 0 bridgehead atoms. The molecule has 0 aliphatic carbocycles. The van der Waals surface area contributed by atoms with E-state index in [1.165, 1.54) is 0 Å². The summed E-state index contributed by atoms with van der Waals surface area (Å²) in [5.41, 5.74) is 5.67. The molecule has 5 nitrogen and oxygen atoms in total. The minimum absolute atomic E-state index is 0. The summed E-state index contributed by atoms with van der Waals surface area (Å²) in [6.45, 7) is 7.92. The normalized spacial score (nSPS) is 11.4. The van der Waals surface area contributed by atoms with E-state index < -0.39 is 6.04 Å². The van der Waals surface area contributed by atoms with Gasteiger partial charge in [-0.15, -0.1) is 12.4 Å². The smallest absolute Gasteiger partial charge is 0.236 e. The van der Waals surface area contributed by atoms with Gasteiger partial charge in [0, 0.05) is 26.1 Å². The van der Waals surface area contributed by atoms with Crippen molar-refractivity contribution < 1.29 is 9.59 Å². The van der Waals surface area contributed by atoms with Crippen LogP contribution in [0.5, 0.6) is 0 Å². The summed E-state index contributed by atoms with van der Waals surface area (Å²) in [6, 6.07) is -0.423. The molecule has 0 radical (unpaired) electrons. The van der Waals surface area contributed by atoms with Crippen LogP contribution in [0.2, 0.25) is 0 Å². The van der Waals surface area contributed by atoms with E-state index >= 15 is 0 Å². The van der Waals surface area contributed by atoms with Gasteiger partial charge in [0.25, 0.3) is 0 Å². The van der Waals surface area contributed by atoms with Gasteiger partial charge in [0.05, 0.1) is 6.04 Å². The van der Waals surface area contributed by atoms with Crippen molar-refractivity contribution >= 4 is 24.2 Å². The number of halogens is 1. The van der Waals surface area contributed by atoms with Crippen LogP contribution in [0, 0.1) is 0 Å². The van der Waals surface area contributed by atoms with Crippen molar-refractivity contribution in [3.05, 3.63) is 0 Å². The quantitative estimate of drug-likeness (QED) is 0.629. The van der Waals surface area contributed by atoms with Crippen LogP contribution in [-0.2, 0) is 9.59 Å². The Kier molecular flexibility index (Phi) is 13.2. The van der Waals surface area contributed by atoms with E-state index in [0.717, 1.165) is 19.5 Å². The van der Waals surface area contributed by atoms with Gasteiger partial charge in [-0.05, 0) is 26.7 Å². The van der Waals surface area contributed by atoms with Crippen molar-refractivity contribution in [2.45, 2.75) is 52.5 Å². The summed E-state index contributed by atoms with van der Waals surface area (Å²) >= 11 is 0.